The summed E-state index contributed by atoms with van der Waals surface area (Å²) in [6.07, 6.45) is 18.0. The Hall–Kier alpha value is -0.0800. The number of hydrogen-bond donors (Lipinski definition) is 2. The van der Waals surface area contributed by atoms with Crippen LogP contribution < -0.4 is 0 Å². The fourth-order valence-electron chi connectivity index (χ4n) is 3.17. The monoisotopic (exact) mass is 394 g/mol. The largest absolute Gasteiger partial charge is 0.481 e. The molecular weight excluding hydrogens is 351 g/mol. The van der Waals surface area contributed by atoms with Gasteiger partial charge in [0.2, 0.25) is 0 Å². The summed E-state index contributed by atoms with van der Waals surface area (Å²) in [6, 6.07) is 0. The van der Waals surface area contributed by atoms with Crippen molar-refractivity contribution in [2.24, 2.45) is 0 Å². The normalized spacial score (nSPS) is 11.6. The Labute approximate surface area is 162 Å². The number of hydrogen-bond acceptors (Lipinski definition) is 2. The van der Waals surface area contributed by atoms with Crippen molar-refractivity contribution < 1.29 is 14.7 Å². The maximum atomic E-state index is 9.95. The molecule has 0 heterocycles. The molecule has 0 aliphatic carbocycles. The predicted molar refractivity (Wildman–Crippen MR) is 118 cm³/mol. The quantitative estimate of drug-likeness (QED) is 0.255. The number of carbonyl (C=O) groups excluding carboxylic acids is 1. The molecule has 0 bridgehead atoms. The van der Waals surface area contributed by atoms with Gasteiger partial charge in [-0.15, -0.1) is 12.6 Å². The summed E-state index contributed by atoms with van der Waals surface area (Å²) in [5.41, 5.74) is 0. The summed E-state index contributed by atoms with van der Waals surface area (Å²) >= 11 is 3.37. The molecule has 3 nitrogen and oxygen atoms in total. The van der Waals surface area contributed by atoms with E-state index in [9.17, 15) is 9.59 Å². The number of carboxylic acids is 1. The Kier molecular flexibility index (Phi) is 20.3. The summed E-state index contributed by atoms with van der Waals surface area (Å²) in [6.45, 7) is 9.44. The van der Waals surface area contributed by atoms with Gasteiger partial charge in [0.15, 0.2) is 5.12 Å². The number of carbonyl (C=O) groups is 2. The van der Waals surface area contributed by atoms with Gasteiger partial charge in [-0.25, -0.2) is 0 Å². The average molecular weight is 395 g/mol. The second kappa shape index (κ2) is 18.7. The number of rotatable bonds is 15. The van der Waals surface area contributed by atoms with E-state index in [-0.39, 0.29) is 18.0 Å². The van der Waals surface area contributed by atoms with Gasteiger partial charge in [0.1, 0.15) is 0 Å². The van der Waals surface area contributed by atoms with Gasteiger partial charge in [0.25, 0.3) is 0 Å². The topological polar surface area (TPSA) is 54.4 Å². The zero-order chi connectivity index (χ0) is 19.6. The SMILES string of the molecule is CCCC[PH](CCCC)(CCCC)CCCC.O=C(O)CCC(=O)S. The molecule has 1 N–H and O–H groups in total. The van der Waals surface area contributed by atoms with Gasteiger partial charge in [0, 0.05) is 6.42 Å². The molecule has 0 radical (unpaired) electrons. The standard InChI is InChI=1S/C16H37P.C4H6O3S/c1-5-9-13-17(14-10-6-2,15-11-7-3)16-12-8-4;5-3(6)1-2-4(7)8/h17H,5-16H2,1-4H3;1-2H2,(H,5,6)(H,7,8). The molecule has 0 fully saturated rings. The minimum Gasteiger partial charge on any atom is -0.481 e. The van der Waals surface area contributed by atoms with Crippen molar-refractivity contribution in [3.05, 3.63) is 0 Å². The first kappa shape index (κ1) is 27.1. The van der Waals surface area contributed by atoms with E-state index in [1.807, 2.05) is 0 Å². The van der Waals surface area contributed by atoms with Crippen LogP contribution in [0.5, 0.6) is 0 Å². The average Bonchev–Trinajstić information content (AvgIpc) is 2.59. The molecule has 0 aromatic carbocycles. The van der Waals surface area contributed by atoms with Gasteiger partial charge < -0.3 is 5.11 Å². The second-order valence-electron chi connectivity index (χ2n) is 7.20. The molecule has 0 rings (SSSR count). The van der Waals surface area contributed by atoms with E-state index in [1.165, 1.54) is 51.4 Å². The van der Waals surface area contributed by atoms with Crippen LogP contribution in [0.3, 0.4) is 0 Å². The Morgan fingerprint density at radius 1 is 0.720 bits per heavy atom. The third kappa shape index (κ3) is 18.5. The van der Waals surface area contributed by atoms with Crippen LogP contribution in [0.1, 0.15) is 91.9 Å². The van der Waals surface area contributed by atoms with E-state index >= 15 is 0 Å². The van der Waals surface area contributed by atoms with E-state index in [2.05, 4.69) is 40.3 Å². The molecule has 0 saturated carbocycles. The smallest absolute Gasteiger partial charge is 0.303 e. The zero-order valence-corrected chi connectivity index (χ0v) is 19.0. The van der Waals surface area contributed by atoms with Crippen LogP contribution in [0.15, 0.2) is 0 Å². The maximum absolute atomic E-state index is 9.95. The molecule has 5 heteroatoms. The van der Waals surface area contributed by atoms with Crippen LogP contribution in [0, 0.1) is 0 Å². The minimum atomic E-state index is -0.965. The fraction of sp³-hybridized carbons (Fsp3) is 0.900. The molecular formula is C20H43O3PS. The molecule has 0 unspecified atom stereocenters. The Balaban J connectivity index is 0. The van der Waals surface area contributed by atoms with Crippen molar-refractivity contribution in [2.75, 3.05) is 24.6 Å². The summed E-state index contributed by atoms with van der Waals surface area (Å²) < 4.78 is 0. The van der Waals surface area contributed by atoms with Crippen molar-refractivity contribution >= 4 is 31.0 Å². The summed E-state index contributed by atoms with van der Waals surface area (Å²) in [7, 11) is -0.879. The molecule has 0 aliphatic heterocycles. The van der Waals surface area contributed by atoms with Crippen LogP contribution in [-0.2, 0) is 9.59 Å². The van der Waals surface area contributed by atoms with E-state index in [0.29, 0.717) is 0 Å². The molecule has 0 amide bonds. The van der Waals surface area contributed by atoms with Crippen LogP contribution in [0.2, 0.25) is 0 Å². The van der Waals surface area contributed by atoms with Crippen molar-refractivity contribution in [1.82, 2.24) is 0 Å². The minimum absolute atomic E-state index is 0.0123. The van der Waals surface area contributed by atoms with E-state index in [4.69, 9.17) is 5.11 Å². The van der Waals surface area contributed by atoms with Crippen LogP contribution in [0.4, 0.5) is 0 Å². The number of carboxylic acid groups (broad SMARTS) is 1. The molecule has 0 aliphatic rings. The first-order chi connectivity index (χ1) is 11.9. The van der Waals surface area contributed by atoms with Crippen molar-refractivity contribution in [2.45, 2.75) is 91.9 Å². The molecule has 0 saturated heterocycles. The summed E-state index contributed by atoms with van der Waals surface area (Å²) in [5, 5.41) is 7.59. The number of aliphatic carboxylic acids is 1. The van der Waals surface area contributed by atoms with E-state index in [0.717, 1.165) is 0 Å². The number of thiol groups is 1. The predicted octanol–water partition coefficient (Wildman–Crippen LogP) is 6.24. The fourth-order valence-corrected chi connectivity index (χ4v) is 9.20. The molecule has 0 atom stereocenters. The molecule has 0 spiro atoms. The molecule has 25 heavy (non-hydrogen) atoms. The Bertz CT molecular complexity index is 283. The van der Waals surface area contributed by atoms with Gasteiger partial charge in [-0.05, 0) is 0 Å². The van der Waals surface area contributed by atoms with Crippen LogP contribution >= 0.6 is 19.9 Å². The Morgan fingerprint density at radius 2 is 1.04 bits per heavy atom. The molecule has 152 valence electrons. The van der Waals surface area contributed by atoms with Gasteiger partial charge >= 0.3 is 117 Å². The third-order valence-electron chi connectivity index (χ3n) is 4.80. The van der Waals surface area contributed by atoms with Crippen molar-refractivity contribution in [3.8, 4) is 0 Å². The van der Waals surface area contributed by atoms with E-state index in [1.54, 1.807) is 24.6 Å². The summed E-state index contributed by atoms with van der Waals surface area (Å²) in [4.78, 5) is 19.7. The first-order valence-electron chi connectivity index (χ1n) is 10.3. The van der Waals surface area contributed by atoms with Gasteiger partial charge in [-0.2, -0.15) is 0 Å². The molecule has 0 aromatic heterocycles. The first-order valence-corrected chi connectivity index (χ1v) is 13.6. The molecule has 0 aromatic rings. The van der Waals surface area contributed by atoms with Crippen LogP contribution in [0.25, 0.3) is 0 Å². The maximum Gasteiger partial charge on any atom is 0.303 e. The van der Waals surface area contributed by atoms with E-state index < -0.39 is 13.2 Å². The van der Waals surface area contributed by atoms with Gasteiger partial charge in [-0.1, -0.05) is 0 Å². The van der Waals surface area contributed by atoms with Gasteiger partial charge in [-0.3, -0.25) is 9.59 Å². The van der Waals surface area contributed by atoms with Crippen molar-refractivity contribution in [1.29, 1.82) is 0 Å². The van der Waals surface area contributed by atoms with Gasteiger partial charge in [0.05, 0.1) is 6.42 Å². The third-order valence-corrected chi connectivity index (χ3v) is 10.7. The number of unbranched alkanes of at least 4 members (excludes halogenated alkanes) is 4. The van der Waals surface area contributed by atoms with Crippen molar-refractivity contribution in [3.63, 3.8) is 0 Å². The van der Waals surface area contributed by atoms with Crippen LogP contribution in [-0.4, -0.2) is 40.8 Å². The Morgan fingerprint density at radius 3 is 1.20 bits per heavy atom. The summed E-state index contributed by atoms with van der Waals surface area (Å²) in [5.74, 6) is -0.965. The second-order valence-corrected chi connectivity index (χ2v) is 12.7. The zero-order valence-electron chi connectivity index (χ0n) is 17.1.